The number of amides is 1. The summed E-state index contributed by atoms with van der Waals surface area (Å²) < 4.78 is 17.8. The average Bonchev–Trinajstić information content (AvgIpc) is 3.27. The summed E-state index contributed by atoms with van der Waals surface area (Å²) >= 11 is 1.47. The van der Waals surface area contributed by atoms with E-state index in [2.05, 4.69) is 51.5 Å². The van der Waals surface area contributed by atoms with Crippen molar-refractivity contribution in [1.29, 1.82) is 0 Å². The predicted octanol–water partition coefficient (Wildman–Crippen LogP) is 4.37. The lowest BCUT2D eigenvalue weighted by Crippen LogP contribution is -2.49. The Morgan fingerprint density at radius 3 is 2.55 bits per heavy atom. The molecule has 4 heterocycles. The van der Waals surface area contributed by atoms with Gasteiger partial charge >= 0.3 is 0 Å². The van der Waals surface area contributed by atoms with Gasteiger partial charge in [-0.2, -0.15) is 0 Å². The minimum absolute atomic E-state index is 0.0256. The van der Waals surface area contributed by atoms with Gasteiger partial charge in [-0.15, -0.1) is 11.3 Å². The van der Waals surface area contributed by atoms with Crippen molar-refractivity contribution in [3.63, 3.8) is 0 Å². The van der Waals surface area contributed by atoms with Crippen LogP contribution in [0.3, 0.4) is 0 Å². The van der Waals surface area contributed by atoms with E-state index in [1.165, 1.54) is 17.0 Å². The SMILES string of the molecule is COC(CN1CCN(c2ccc(-c3ccc4c(ccc5sc6c(c54)OC[C@@H](C)NC6=O)n3)cc2)CC1)OC. The Labute approximate surface area is 226 Å². The summed E-state index contributed by atoms with van der Waals surface area (Å²) in [5.41, 5.74) is 4.11. The quantitative estimate of drug-likeness (QED) is 0.370. The molecule has 2 aliphatic heterocycles. The molecule has 6 rings (SSSR count). The van der Waals surface area contributed by atoms with E-state index in [1.807, 2.05) is 19.1 Å². The van der Waals surface area contributed by atoms with Crippen LogP contribution < -0.4 is 15.0 Å². The summed E-state index contributed by atoms with van der Waals surface area (Å²) in [6.45, 7) is 7.07. The highest BCUT2D eigenvalue weighted by molar-refractivity contribution is 7.21. The Kier molecular flexibility index (Phi) is 6.92. The fraction of sp³-hybridized carbons (Fsp3) is 0.379. The second kappa shape index (κ2) is 10.5. The van der Waals surface area contributed by atoms with Gasteiger partial charge in [0.2, 0.25) is 0 Å². The zero-order valence-electron chi connectivity index (χ0n) is 21.9. The molecule has 1 fully saturated rings. The zero-order valence-corrected chi connectivity index (χ0v) is 22.7. The number of anilines is 1. The van der Waals surface area contributed by atoms with Gasteiger partial charge in [0.05, 0.1) is 17.3 Å². The van der Waals surface area contributed by atoms with E-state index in [1.54, 1.807) is 14.2 Å². The third-order valence-corrected chi connectivity index (χ3v) is 8.51. The second-order valence-electron chi connectivity index (χ2n) is 9.88. The molecule has 0 unspecified atom stereocenters. The molecule has 2 aliphatic rings. The number of piperazine rings is 1. The van der Waals surface area contributed by atoms with Crippen molar-refractivity contribution in [2.45, 2.75) is 19.3 Å². The van der Waals surface area contributed by atoms with Crippen molar-refractivity contribution in [3.05, 3.63) is 53.4 Å². The average molecular weight is 533 g/mol. The van der Waals surface area contributed by atoms with E-state index in [9.17, 15) is 4.79 Å². The van der Waals surface area contributed by atoms with Gasteiger partial charge in [-0.1, -0.05) is 12.1 Å². The van der Waals surface area contributed by atoms with E-state index < -0.39 is 0 Å². The number of methoxy groups -OCH3 is 2. The van der Waals surface area contributed by atoms with Crippen LogP contribution in [0.4, 0.5) is 5.69 Å². The molecule has 0 aliphatic carbocycles. The first-order chi connectivity index (χ1) is 18.5. The monoisotopic (exact) mass is 532 g/mol. The largest absolute Gasteiger partial charge is 0.489 e. The maximum atomic E-state index is 12.7. The summed E-state index contributed by atoms with van der Waals surface area (Å²) in [6, 6.07) is 16.9. The number of nitrogens with zero attached hydrogens (tertiary/aromatic N) is 3. The molecular formula is C29H32N4O4S. The molecular weight excluding hydrogens is 500 g/mol. The molecule has 1 saturated heterocycles. The van der Waals surface area contributed by atoms with Crippen molar-refractivity contribution in [3.8, 4) is 17.0 Å². The minimum Gasteiger partial charge on any atom is -0.489 e. The first kappa shape index (κ1) is 25.1. The number of hydrogen-bond donors (Lipinski definition) is 1. The summed E-state index contributed by atoms with van der Waals surface area (Å²) in [5, 5.41) is 4.97. The molecule has 1 amide bonds. The normalized spacial score (nSPS) is 18.5. The molecule has 0 radical (unpaired) electrons. The van der Waals surface area contributed by atoms with Crippen LogP contribution in [0.2, 0.25) is 0 Å². The molecule has 2 aromatic heterocycles. The Hall–Kier alpha value is -3.24. The number of ether oxygens (including phenoxy) is 3. The van der Waals surface area contributed by atoms with E-state index in [4.69, 9.17) is 19.2 Å². The van der Waals surface area contributed by atoms with Crippen LogP contribution in [-0.2, 0) is 9.47 Å². The lowest BCUT2D eigenvalue weighted by molar-refractivity contribution is -0.116. The number of carbonyl (C=O) groups excluding carboxylic acids is 1. The van der Waals surface area contributed by atoms with E-state index in [-0.39, 0.29) is 18.2 Å². The van der Waals surface area contributed by atoms with Crippen molar-refractivity contribution >= 4 is 43.9 Å². The second-order valence-corrected chi connectivity index (χ2v) is 10.9. The van der Waals surface area contributed by atoms with Gasteiger partial charge in [0.15, 0.2) is 12.0 Å². The maximum absolute atomic E-state index is 12.7. The van der Waals surface area contributed by atoms with E-state index >= 15 is 0 Å². The number of pyridine rings is 1. The van der Waals surface area contributed by atoms with Crippen LogP contribution in [0.1, 0.15) is 16.6 Å². The first-order valence-electron chi connectivity index (χ1n) is 13.0. The highest BCUT2D eigenvalue weighted by atomic mass is 32.1. The number of nitrogens with one attached hydrogen (secondary N) is 1. The summed E-state index contributed by atoms with van der Waals surface area (Å²) in [7, 11) is 3.36. The molecule has 38 heavy (non-hydrogen) atoms. The molecule has 4 aromatic rings. The lowest BCUT2D eigenvalue weighted by atomic mass is 10.1. The summed E-state index contributed by atoms with van der Waals surface area (Å²) in [6.07, 6.45) is -0.184. The highest BCUT2D eigenvalue weighted by Gasteiger charge is 2.26. The highest BCUT2D eigenvalue weighted by Crippen LogP contribution is 2.43. The van der Waals surface area contributed by atoms with Gasteiger partial charge in [-0.05, 0) is 43.3 Å². The van der Waals surface area contributed by atoms with E-state index in [0.29, 0.717) is 17.2 Å². The van der Waals surface area contributed by atoms with Crippen LogP contribution in [0, 0.1) is 0 Å². The predicted molar refractivity (Wildman–Crippen MR) is 151 cm³/mol. The van der Waals surface area contributed by atoms with Gasteiger partial charge in [0.25, 0.3) is 5.91 Å². The standard InChI is InChI=1S/C29H32N4O4S/c1-18-17-37-27-26-21-8-9-22(31-23(21)10-11-24(26)38-28(27)29(34)30-18)19-4-6-20(7-5-19)33-14-12-32(13-15-33)16-25(35-2)36-3/h4-11,18,25H,12-17H2,1-3H3,(H,30,34)/t18-/m1/s1. The lowest BCUT2D eigenvalue weighted by Gasteiger charge is -2.37. The van der Waals surface area contributed by atoms with Gasteiger partial charge in [0, 0.05) is 73.7 Å². The molecule has 1 atom stereocenters. The van der Waals surface area contributed by atoms with Crippen molar-refractivity contribution in [2.75, 3.05) is 58.5 Å². The van der Waals surface area contributed by atoms with Crippen molar-refractivity contribution < 1.29 is 19.0 Å². The number of hydrogen-bond acceptors (Lipinski definition) is 8. The van der Waals surface area contributed by atoms with Crippen molar-refractivity contribution in [2.24, 2.45) is 0 Å². The molecule has 8 nitrogen and oxygen atoms in total. The Morgan fingerprint density at radius 1 is 1.05 bits per heavy atom. The van der Waals surface area contributed by atoms with Crippen LogP contribution in [-0.4, -0.2) is 81.7 Å². The zero-order chi connectivity index (χ0) is 26.2. The van der Waals surface area contributed by atoms with Crippen LogP contribution in [0.5, 0.6) is 5.75 Å². The fourth-order valence-corrected chi connectivity index (χ4v) is 6.31. The van der Waals surface area contributed by atoms with Gasteiger partial charge < -0.3 is 24.4 Å². The van der Waals surface area contributed by atoms with Crippen LogP contribution in [0.15, 0.2) is 48.5 Å². The smallest absolute Gasteiger partial charge is 0.265 e. The van der Waals surface area contributed by atoms with Crippen LogP contribution >= 0.6 is 11.3 Å². The topological polar surface area (TPSA) is 76.2 Å². The van der Waals surface area contributed by atoms with E-state index in [0.717, 1.165) is 65.0 Å². The number of benzene rings is 2. The number of aromatic nitrogens is 1. The Bertz CT molecular complexity index is 1460. The molecule has 9 heteroatoms. The summed E-state index contributed by atoms with van der Waals surface area (Å²) in [5.74, 6) is 0.607. The van der Waals surface area contributed by atoms with Crippen molar-refractivity contribution in [1.82, 2.24) is 15.2 Å². The van der Waals surface area contributed by atoms with Gasteiger partial charge in [-0.25, -0.2) is 4.98 Å². The molecule has 0 saturated carbocycles. The van der Waals surface area contributed by atoms with Gasteiger partial charge in [0.1, 0.15) is 11.5 Å². The summed E-state index contributed by atoms with van der Waals surface area (Å²) in [4.78, 5) is 23.1. The third-order valence-electron chi connectivity index (χ3n) is 7.37. The maximum Gasteiger partial charge on any atom is 0.265 e. The third kappa shape index (κ3) is 4.71. The van der Waals surface area contributed by atoms with Crippen LogP contribution in [0.25, 0.3) is 32.2 Å². The molecule has 198 valence electrons. The Morgan fingerprint density at radius 2 is 1.82 bits per heavy atom. The first-order valence-corrected chi connectivity index (χ1v) is 13.8. The number of carbonyl (C=O) groups is 1. The molecule has 2 aromatic carbocycles. The molecule has 0 bridgehead atoms. The Balaban J connectivity index is 1.22. The van der Waals surface area contributed by atoms with Gasteiger partial charge in [-0.3, -0.25) is 9.69 Å². The number of thiophene rings is 1. The fourth-order valence-electron chi connectivity index (χ4n) is 5.25. The number of rotatable bonds is 6. The minimum atomic E-state index is -0.184. The molecule has 1 N–H and O–H groups in total. The number of fused-ring (bicyclic) bond motifs is 5. The molecule has 0 spiro atoms.